The van der Waals surface area contributed by atoms with E-state index in [0.29, 0.717) is 33.7 Å². The average molecular weight is 441 g/mol. The van der Waals surface area contributed by atoms with E-state index in [2.05, 4.69) is 32.5 Å². The number of nitrogens with zero attached hydrogens (tertiary/aromatic N) is 2. The summed E-state index contributed by atoms with van der Waals surface area (Å²) in [5, 5.41) is 11.7. The fourth-order valence-electron chi connectivity index (χ4n) is 2.89. The number of allylic oxidation sites excluding steroid dienone is 1. The molecule has 1 heterocycles. The summed E-state index contributed by atoms with van der Waals surface area (Å²) < 4.78 is 0. The van der Waals surface area contributed by atoms with Gasteiger partial charge in [0.15, 0.2) is 5.82 Å². The number of halogens is 1. The van der Waals surface area contributed by atoms with Crippen molar-refractivity contribution in [1.29, 1.82) is 0 Å². The minimum atomic E-state index is -0.510. The zero-order chi connectivity index (χ0) is 20.4. The quantitative estimate of drug-likeness (QED) is 0.306. The van der Waals surface area contributed by atoms with Crippen LogP contribution in [-0.2, 0) is 5.33 Å². The molecule has 0 bridgehead atoms. The molecule has 0 saturated carbocycles. The number of aliphatic hydroxyl groups is 1. The molecule has 144 valence electrons. The number of imidazole rings is 1. The summed E-state index contributed by atoms with van der Waals surface area (Å²) in [6.07, 6.45) is 0. The standard InChI is InChI=1S/C21H21BrN4O2/c1-12(14-6-4-13(11-22)5-7-14)19(27)18(26(2)3)21-24-16-9-8-15(20(23)28)10-17(16)25-21/h4-10,27H,1,11H2,2-3H3,(H2,23,28)(H,24,25)/b19-18+. The number of alkyl halides is 1. The molecular formula is C21H21BrN4O2. The van der Waals surface area contributed by atoms with Crippen LogP contribution in [-0.4, -0.2) is 40.0 Å². The SMILES string of the molecule is C=C(/C(O)=C(/c1nc2ccc(C(N)=O)cc2[nH]1)N(C)C)c1ccc(CBr)cc1. The third-order valence-electron chi connectivity index (χ3n) is 4.40. The number of primary amides is 1. The Labute approximate surface area is 171 Å². The van der Waals surface area contributed by atoms with Gasteiger partial charge in [0.25, 0.3) is 0 Å². The molecule has 0 unspecified atom stereocenters. The van der Waals surface area contributed by atoms with Crippen LogP contribution >= 0.6 is 15.9 Å². The van der Waals surface area contributed by atoms with Gasteiger partial charge in [-0.25, -0.2) is 4.98 Å². The lowest BCUT2D eigenvalue weighted by molar-refractivity contribution is 0.100. The highest BCUT2D eigenvalue weighted by Crippen LogP contribution is 2.29. The van der Waals surface area contributed by atoms with Gasteiger partial charge in [0.05, 0.1) is 11.0 Å². The summed E-state index contributed by atoms with van der Waals surface area (Å²) in [5.74, 6) is -0.0206. The van der Waals surface area contributed by atoms with Gasteiger partial charge in [-0.05, 0) is 29.3 Å². The largest absolute Gasteiger partial charge is 0.505 e. The molecule has 6 nitrogen and oxygen atoms in total. The third kappa shape index (κ3) is 3.80. The number of fused-ring (bicyclic) bond motifs is 1. The van der Waals surface area contributed by atoms with Gasteiger partial charge < -0.3 is 20.7 Å². The molecular weight excluding hydrogens is 420 g/mol. The Morgan fingerprint density at radius 2 is 1.86 bits per heavy atom. The van der Waals surface area contributed by atoms with Crippen molar-refractivity contribution < 1.29 is 9.90 Å². The van der Waals surface area contributed by atoms with E-state index in [1.807, 2.05) is 38.4 Å². The van der Waals surface area contributed by atoms with Crippen molar-refractivity contribution in [3.63, 3.8) is 0 Å². The van der Waals surface area contributed by atoms with E-state index in [0.717, 1.165) is 16.5 Å². The summed E-state index contributed by atoms with van der Waals surface area (Å²) in [7, 11) is 3.63. The maximum atomic E-state index is 11.4. The molecule has 0 radical (unpaired) electrons. The Kier molecular flexibility index (Phi) is 5.56. The van der Waals surface area contributed by atoms with E-state index in [4.69, 9.17) is 5.73 Å². The highest BCUT2D eigenvalue weighted by Gasteiger charge is 2.19. The summed E-state index contributed by atoms with van der Waals surface area (Å²) in [4.78, 5) is 20.9. The Morgan fingerprint density at radius 1 is 1.21 bits per heavy atom. The molecule has 0 aliphatic carbocycles. The number of aromatic amines is 1. The topological polar surface area (TPSA) is 95.2 Å². The predicted octanol–water partition coefficient (Wildman–Crippen LogP) is 4.06. The van der Waals surface area contributed by atoms with Crippen molar-refractivity contribution in [1.82, 2.24) is 14.9 Å². The molecule has 0 atom stereocenters. The smallest absolute Gasteiger partial charge is 0.248 e. The van der Waals surface area contributed by atoms with Crippen LogP contribution < -0.4 is 5.73 Å². The maximum absolute atomic E-state index is 11.4. The first kappa shape index (κ1) is 19.7. The van der Waals surface area contributed by atoms with Gasteiger partial charge in [0.1, 0.15) is 11.5 Å². The molecule has 1 amide bonds. The molecule has 0 saturated heterocycles. The van der Waals surface area contributed by atoms with Gasteiger partial charge in [0.2, 0.25) is 5.91 Å². The fourth-order valence-corrected chi connectivity index (χ4v) is 3.26. The van der Waals surface area contributed by atoms with Crippen LogP contribution in [0, 0.1) is 0 Å². The highest BCUT2D eigenvalue weighted by molar-refractivity contribution is 9.08. The molecule has 3 aromatic rings. The number of carbonyl (C=O) groups is 1. The summed E-state index contributed by atoms with van der Waals surface area (Å²) >= 11 is 3.42. The van der Waals surface area contributed by atoms with Crippen LogP contribution in [0.15, 0.2) is 54.8 Å². The molecule has 1 aromatic heterocycles. The molecule has 0 aliphatic heterocycles. The number of aliphatic hydroxyl groups excluding tert-OH is 1. The van der Waals surface area contributed by atoms with Gasteiger partial charge in [-0.1, -0.05) is 46.8 Å². The Hall–Kier alpha value is -3.06. The van der Waals surface area contributed by atoms with Crippen LogP contribution in [0.2, 0.25) is 0 Å². The molecule has 7 heteroatoms. The zero-order valence-electron chi connectivity index (χ0n) is 15.7. The van der Waals surface area contributed by atoms with E-state index >= 15 is 0 Å². The predicted molar refractivity (Wildman–Crippen MR) is 116 cm³/mol. The molecule has 0 spiro atoms. The van der Waals surface area contributed by atoms with Gasteiger partial charge in [-0.15, -0.1) is 0 Å². The van der Waals surface area contributed by atoms with Crippen LogP contribution in [0.25, 0.3) is 22.3 Å². The van der Waals surface area contributed by atoms with E-state index < -0.39 is 5.91 Å². The average Bonchev–Trinajstić information content (AvgIpc) is 3.09. The van der Waals surface area contributed by atoms with Crippen molar-refractivity contribution in [3.05, 3.63) is 77.3 Å². The number of nitrogens with one attached hydrogen (secondary N) is 1. The van der Waals surface area contributed by atoms with Crippen LogP contribution in [0.4, 0.5) is 0 Å². The second kappa shape index (κ2) is 7.90. The van der Waals surface area contributed by atoms with Crippen molar-refractivity contribution in [2.45, 2.75) is 5.33 Å². The van der Waals surface area contributed by atoms with E-state index in [-0.39, 0.29) is 5.76 Å². The number of H-pyrrole nitrogens is 1. The lowest BCUT2D eigenvalue weighted by Crippen LogP contribution is -2.14. The van der Waals surface area contributed by atoms with Gasteiger partial charge in [0, 0.05) is 30.6 Å². The number of amides is 1. The van der Waals surface area contributed by atoms with Crippen molar-refractivity contribution in [2.24, 2.45) is 5.73 Å². The molecule has 2 aromatic carbocycles. The molecule has 0 fully saturated rings. The first-order valence-corrected chi connectivity index (χ1v) is 9.69. The number of nitrogens with two attached hydrogens (primary N) is 1. The van der Waals surface area contributed by atoms with Crippen LogP contribution in [0.1, 0.15) is 27.3 Å². The monoisotopic (exact) mass is 440 g/mol. The number of aromatic nitrogens is 2. The number of rotatable bonds is 6. The number of hydrogen-bond acceptors (Lipinski definition) is 4. The molecule has 28 heavy (non-hydrogen) atoms. The Balaban J connectivity index is 2.07. The number of carbonyl (C=O) groups excluding carboxylic acids is 1. The zero-order valence-corrected chi connectivity index (χ0v) is 17.2. The van der Waals surface area contributed by atoms with Crippen molar-refractivity contribution in [3.8, 4) is 0 Å². The summed E-state index contributed by atoms with van der Waals surface area (Å²) in [6, 6.07) is 12.8. The Bertz CT molecular complexity index is 1080. The number of benzene rings is 2. The third-order valence-corrected chi connectivity index (χ3v) is 5.05. The van der Waals surface area contributed by atoms with Gasteiger partial charge in [-0.2, -0.15) is 0 Å². The van der Waals surface area contributed by atoms with Crippen LogP contribution in [0.5, 0.6) is 0 Å². The maximum Gasteiger partial charge on any atom is 0.248 e. The highest BCUT2D eigenvalue weighted by atomic mass is 79.9. The van der Waals surface area contributed by atoms with Gasteiger partial charge >= 0.3 is 0 Å². The van der Waals surface area contributed by atoms with Gasteiger partial charge in [-0.3, -0.25) is 4.79 Å². The van der Waals surface area contributed by atoms with Crippen LogP contribution in [0.3, 0.4) is 0 Å². The second-order valence-corrected chi connectivity index (χ2v) is 7.14. The fraction of sp³-hybridized carbons (Fsp3) is 0.143. The van der Waals surface area contributed by atoms with E-state index in [9.17, 15) is 9.90 Å². The second-order valence-electron chi connectivity index (χ2n) is 6.58. The molecule has 4 N–H and O–H groups in total. The minimum absolute atomic E-state index is 0.0192. The lowest BCUT2D eigenvalue weighted by atomic mass is 10.0. The summed E-state index contributed by atoms with van der Waals surface area (Å²) in [6.45, 7) is 4.05. The molecule has 0 aliphatic rings. The lowest BCUT2D eigenvalue weighted by Gasteiger charge is -2.18. The van der Waals surface area contributed by atoms with E-state index in [1.165, 1.54) is 0 Å². The minimum Gasteiger partial charge on any atom is -0.505 e. The number of hydrogen-bond donors (Lipinski definition) is 3. The normalized spacial score (nSPS) is 12.0. The first-order valence-electron chi connectivity index (χ1n) is 8.57. The Morgan fingerprint density at radius 3 is 2.43 bits per heavy atom. The van der Waals surface area contributed by atoms with Crippen molar-refractivity contribution >= 4 is 44.1 Å². The first-order chi connectivity index (χ1) is 13.3. The molecule has 3 rings (SSSR count). The summed E-state index contributed by atoms with van der Waals surface area (Å²) in [5.41, 5.74) is 9.99. The van der Waals surface area contributed by atoms with E-state index in [1.54, 1.807) is 23.1 Å². The van der Waals surface area contributed by atoms with Crippen molar-refractivity contribution in [2.75, 3.05) is 14.1 Å².